The Kier molecular flexibility index (Phi) is 4.24. The normalized spacial score (nSPS) is 17.2. The molecule has 1 aromatic rings. The lowest BCUT2D eigenvalue weighted by atomic mass is 10.2. The Hall–Kier alpha value is -0.960. The Morgan fingerprint density at radius 3 is 2.74 bits per heavy atom. The van der Waals surface area contributed by atoms with Gasteiger partial charge >= 0.3 is 0 Å². The van der Waals surface area contributed by atoms with Gasteiger partial charge in [-0.15, -0.1) is 11.3 Å². The van der Waals surface area contributed by atoms with Crippen LogP contribution in [0.5, 0.6) is 0 Å². The number of carbonyl (C=O) groups excluding carboxylic acids is 1. The first-order valence-electron chi connectivity index (χ1n) is 5.78. The number of hydrogen-bond donors (Lipinski definition) is 1. The second-order valence-electron chi connectivity index (χ2n) is 4.38. The van der Waals surface area contributed by atoms with Crippen LogP contribution >= 0.6 is 11.3 Å². The molecule has 1 aromatic heterocycles. The van der Waals surface area contributed by atoms with Gasteiger partial charge in [0, 0.05) is 25.1 Å². The van der Waals surface area contributed by atoms with Gasteiger partial charge in [0.2, 0.25) is 5.91 Å². The molecule has 1 amide bonds. The summed E-state index contributed by atoms with van der Waals surface area (Å²) in [6.45, 7) is 2.49. The first kappa shape index (κ1) is 14.4. The summed E-state index contributed by atoms with van der Waals surface area (Å²) in [6.07, 6.45) is 0. The van der Waals surface area contributed by atoms with Gasteiger partial charge in [-0.1, -0.05) is 0 Å². The summed E-state index contributed by atoms with van der Waals surface area (Å²) >= 11 is 1.26. The zero-order valence-corrected chi connectivity index (χ0v) is 12.4. The molecular formula is C11H16N2O4S2. The molecule has 1 fully saturated rings. The highest BCUT2D eigenvalue weighted by Crippen LogP contribution is 2.27. The molecule has 2 heterocycles. The van der Waals surface area contributed by atoms with E-state index in [4.69, 9.17) is 4.74 Å². The molecule has 0 bridgehead atoms. The SMILES string of the molecule is COCC(=O)NC1CN(S(=O)(=O)c2ccc(C)s2)C1. The zero-order chi connectivity index (χ0) is 14.0. The number of amides is 1. The van der Waals surface area contributed by atoms with Crippen LogP contribution in [-0.4, -0.2) is 51.5 Å². The van der Waals surface area contributed by atoms with E-state index in [2.05, 4.69) is 5.32 Å². The third kappa shape index (κ3) is 3.14. The van der Waals surface area contributed by atoms with Crippen LogP contribution in [-0.2, 0) is 19.6 Å². The van der Waals surface area contributed by atoms with Gasteiger partial charge in [0.25, 0.3) is 10.0 Å². The molecule has 0 unspecified atom stereocenters. The van der Waals surface area contributed by atoms with Gasteiger partial charge in [0.1, 0.15) is 10.8 Å². The summed E-state index contributed by atoms with van der Waals surface area (Å²) in [5.74, 6) is -0.225. The summed E-state index contributed by atoms with van der Waals surface area (Å²) in [4.78, 5) is 12.2. The fourth-order valence-corrected chi connectivity index (χ4v) is 4.77. The van der Waals surface area contributed by atoms with Crippen molar-refractivity contribution in [3.8, 4) is 0 Å². The van der Waals surface area contributed by atoms with Crippen LogP contribution in [0.25, 0.3) is 0 Å². The molecule has 0 aliphatic carbocycles. The molecule has 8 heteroatoms. The van der Waals surface area contributed by atoms with Crippen LogP contribution in [0, 0.1) is 6.92 Å². The maximum atomic E-state index is 12.2. The molecule has 19 heavy (non-hydrogen) atoms. The van der Waals surface area contributed by atoms with E-state index in [0.717, 1.165) is 4.88 Å². The lowest BCUT2D eigenvalue weighted by Gasteiger charge is -2.37. The van der Waals surface area contributed by atoms with Gasteiger partial charge in [0.05, 0.1) is 6.04 Å². The van der Waals surface area contributed by atoms with E-state index in [9.17, 15) is 13.2 Å². The van der Waals surface area contributed by atoms with Crippen molar-refractivity contribution in [3.05, 3.63) is 17.0 Å². The van der Waals surface area contributed by atoms with Crippen molar-refractivity contribution in [1.29, 1.82) is 0 Å². The van der Waals surface area contributed by atoms with Crippen molar-refractivity contribution < 1.29 is 17.9 Å². The quantitative estimate of drug-likeness (QED) is 0.843. The predicted molar refractivity (Wildman–Crippen MR) is 71.6 cm³/mol. The molecule has 0 atom stereocenters. The fourth-order valence-electron chi connectivity index (χ4n) is 1.80. The smallest absolute Gasteiger partial charge is 0.252 e. The Morgan fingerprint density at radius 2 is 2.21 bits per heavy atom. The summed E-state index contributed by atoms with van der Waals surface area (Å²) in [5, 5.41) is 2.71. The Morgan fingerprint density at radius 1 is 1.53 bits per heavy atom. The van der Waals surface area contributed by atoms with Crippen molar-refractivity contribution in [2.45, 2.75) is 17.2 Å². The van der Waals surface area contributed by atoms with Crippen LogP contribution in [0.4, 0.5) is 0 Å². The second-order valence-corrected chi connectivity index (χ2v) is 7.84. The number of methoxy groups -OCH3 is 1. The topological polar surface area (TPSA) is 75.7 Å². The van der Waals surface area contributed by atoms with E-state index >= 15 is 0 Å². The largest absolute Gasteiger partial charge is 0.375 e. The van der Waals surface area contributed by atoms with E-state index in [1.54, 1.807) is 12.1 Å². The highest BCUT2D eigenvalue weighted by Gasteiger charge is 2.37. The van der Waals surface area contributed by atoms with Gasteiger partial charge < -0.3 is 10.1 Å². The van der Waals surface area contributed by atoms with Crippen molar-refractivity contribution in [2.75, 3.05) is 26.8 Å². The van der Waals surface area contributed by atoms with Gasteiger partial charge in [-0.25, -0.2) is 8.42 Å². The van der Waals surface area contributed by atoms with Gasteiger partial charge in [-0.05, 0) is 19.1 Å². The van der Waals surface area contributed by atoms with Crippen LogP contribution in [0.2, 0.25) is 0 Å². The van der Waals surface area contributed by atoms with E-state index in [0.29, 0.717) is 17.3 Å². The summed E-state index contributed by atoms with van der Waals surface area (Å²) in [6, 6.07) is 3.28. The lowest BCUT2D eigenvalue weighted by molar-refractivity contribution is -0.126. The molecule has 0 radical (unpaired) electrons. The van der Waals surface area contributed by atoms with Crippen LogP contribution in [0.3, 0.4) is 0 Å². The van der Waals surface area contributed by atoms with Gasteiger partial charge in [-0.3, -0.25) is 4.79 Å². The second kappa shape index (κ2) is 5.58. The molecule has 1 saturated heterocycles. The number of rotatable bonds is 5. The summed E-state index contributed by atoms with van der Waals surface area (Å²) in [7, 11) is -1.95. The van der Waals surface area contributed by atoms with E-state index < -0.39 is 10.0 Å². The number of thiophene rings is 1. The average Bonchev–Trinajstić information content (AvgIpc) is 2.70. The van der Waals surface area contributed by atoms with Crippen molar-refractivity contribution in [2.24, 2.45) is 0 Å². The number of ether oxygens (including phenoxy) is 1. The van der Waals surface area contributed by atoms with E-state index in [1.165, 1.54) is 22.8 Å². The Labute approximate surface area is 116 Å². The molecule has 1 aliphatic rings. The van der Waals surface area contributed by atoms with E-state index in [-0.39, 0.29) is 18.6 Å². The number of sulfonamides is 1. The maximum absolute atomic E-state index is 12.2. The molecule has 1 aliphatic heterocycles. The van der Waals surface area contributed by atoms with Crippen molar-refractivity contribution >= 4 is 27.3 Å². The maximum Gasteiger partial charge on any atom is 0.252 e. The van der Waals surface area contributed by atoms with E-state index in [1.807, 2.05) is 6.92 Å². The van der Waals surface area contributed by atoms with Crippen LogP contribution < -0.4 is 5.32 Å². The molecule has 0 saturated carbocycles. The van der Waals surface area contributed by atoms with Gasteiger partial charge in [-0.2, -0.15) is 4.31 Å². The Bertz CT molecular complexity index is 561. The number of carbonyl (C=O) groups is 1. The Balaban J connectivity index is 1.91. The van der Waals surface area contributed by atoms with Crippen LogP contribution in [0.15, 0.2) is 16.3 Å². The monoisotopic (exact) mass is 304 g/mol. The first-order valence-corrected chi connectivity index (χ1v) is 8.04. The molecule has 1 N–H and O–H groups in total. The van der Waals surface area contributed by atoms with Crippen molar-refractivity contribution in [3.63, 3.8) is 0 Å². The molecule has 2 rings (SSSR count). The van der Waals surface area contributed by atoms with Gasteiger partial charge in [0.15, 0.2) is 0 Å². The third-order valence-corrected chi connectivity index (χ3v) is 6.10. The number of hydrogen-bond acceptors (Lipinski definition) is 5. The molecule has 6 nitrogen and oxygen atoms in total. The third-order valence-electron chi connectivity index (χ3n) is 2.80. The summed E-state index contributed by atoms with van der Waals surface area (Å²) in [5.41, 5.74) is 0. The molecule has 0 spiro atoms. The number of nitrogens with zero attached hydrogens (tertiary/aromatic N) is 1. The average molecular weight is 304 g/mol. The fraction of sp³-hybridized carbons (Fsp3) is 0.545. The minimum atomic E-state index is -3.39. The standard InChI is InChI=1S/C11H16N2O4S2/c1-8-3-4-11(18-8)19(15,16)13-5-9(6-13)12-10(14)7-17-2/h3-4,9H,5-7H2,1-2H3,(H,12,14). The minimum Gasteiger partial charge on any atom is -0.375 e. The molecule has 0 aromatic carbocycles. The molecular weight excluding hydrogens is 288 g/mol. The first-order chi connectivity index (χ1) is 8.93. The number of aryl methyl sites for hydroxylation is 1. The minimum absolute atomic E-state index is 0.00658. The lowest BCUT2D eigenvalue weighted by Crippen LogP contribution is -2.61. The van der Waals surface area contributed by atoms with Crippen molar-refractivity contribution in [1.82, 2.24) is 9.62 Å². The zero-order valence-electron chi connectivity index (χ0n) is 10.8. The van der Waals surface area contributed by atoms with Crippen LogP contribution in [0.1, 0.15) is 4.88 Å². The highest BCUT2D eigenvalue weighted by molar-refractivity contribution is 7.91. The number of nitrogens with one attached hydrogen (secondary N) is 1. The predicted octanol–water partition coefficient (Wildman–Crippen LogP) is 0.192. The molecule has 106 valence electrons. The summed E-state index contributed by atoms with van der Waals surface area (Å²) < 4.78 is 30.8. The highest BCUT2D eigenvalue weighted by atomic mass is 32.2.